The first kappa shape index (κ1) is 11.0. The highest BCUT2D eigenvalue weighted by Gasteiger charge is 2.18. The Labute approximate surface area is 88.6 Å². The van der Waals surface area contributed by atoms with Gasteiger partial charge in [-0.3, -0.25) is 0 Å². The van der Waals surface area contributed by atoms with Crippen molar-refractivity contribution >= 4 is 21.9 Å². The van der Waals surface area contributed by atoms with E-state index in [-0.39, 0.29) is 11.1 Å². The highest BCUT2D eigenvalue weighted by atomic mass is 79.9. The summed E-state index contributed by atoms with van der Waals surface area (Å²) < 4.78 is 18.7. The van der Waals surface area contributed by atoms with Crippen LogP contribution in [0.3, 0.4) is 0 Å². The van der Waals surface area contributed by atoms with E-state index in [0.717, 1.165) is 0 Å². The lowest BCUT2D eigenvalue weighted by Gasteiger charge is -2.09. The summed E-state index contributed by atoms with van der Waals surface area (Å²) in [5, 5.41) is 8.68. The van der Waals surface area contributed by atoms with Crippen LogP contribution in [0.5, 0.6) is 5.75 Å². The minimum absolute atomic E-state index is 0.180. The van der Waals surface area contributed by atoms with Crippen LogP contribution < -0.4 is 4.74 Å². The van der Waals surface area contributed by atoms with E-state index in [1.807, 2.05) is 0 Å². The van der Waals surface area contributed by atoms with Crippen LogP contribution in [0.2, 0.25) is 0 Å². The molecule has 0 heterocycles. The average molecular weight is 263 g/mol. The van der Waals surface area contributed by atoms with E-state index >= 15 is 0 Å². The Bertz CT molecular complexity index is 390. The molecule has 5 heteroatoms. The number of carboxylic acids is 1. The maximum atomic E-state index is 13.4. The summed E-state index contributed by atoms with van der Waals surface area (Å²) >= 11 is 3.11. The summed E-state index contributed by atoms with van der Waals surface area (Å²) in [7, 11) is 1.40. The first-order chi connectivity index (χ1) is 6.49. The number of hydrogen-bond donors (Lipinski definition) is 1. The van der Waals surface area contributed by atoms with E-state index in [9.17, 15) is 9.18 Å². The summed E-state index contributed by atoms with van der Waals surface area (Å²) in [5.41, 5.74) is -0.186. The van der Waals surface area contributed by atoms with Crippen molar-refractivity contribution in [1.82, 2.24) is 0 Å². The van der Waals surface area contributed by atoms with Gasteiger partial charge in [0.25, 0.3) is 0 Å². The molecule has 0 unspecified atom stereocenters. The molecule has 0 aliphatic rings. The third kappa shape index (κ3) is 1.72. The Morgan fingerprint density at radius 1 is 1.64 bits per heavy atom. The van der Waals surface area contributed by atoms with Gasteiger partial charge < -0.3 is 9.84 Å². The molecule has 0 aliphatic carbocycles. The van der Waals surface area contributed by atoms with Crippen molar-refractivity contribution in [2.45, 2.75) is 6.92 Å². The van der Waals surface area contributed by atoms with Crippen LogP contribution in [0.15, 0.2) is 10.5 Å². The molecule has 1 aromatic rings. The van der Waals surface area contributed by atoms with E-state index in [4.69, 9.17) is 9.84 Å². The summed E-state index contributed by atoms with van der Waals surface area (Å²) in [5.74, 6) is -1.75. The highest BCUT2D eigenvalue weighted by Crippen LogP contribution is 2.32. The number of rotatable bonds is 2. The van der Waals surface area contributed by atoms with Crippen molar-refractivity contribution in [3.8, 4) is 5.75 Å². The first-order valence-corrected chi connectivity index (χ1v) is 4.54. The number of benzene rings is 1. The molecule has 3 nitrogen and oxygen atoms in total. The molecular weight excluding hydrogens is 255 g/mol. The Kier molecular flexibility index (Phi) is 3.10. The fourth-order valence-electron chi connectivity index (χ4n) is 1.14. The van der Waals surface area contributed by atoms with Crippen molar-refractivity contribution < 1.29 is 19.0 Å². The molecule has 0 aromatic heterocycles. The quantitative estimate of drug-likeness (QED) is 0.892. The zero-order valence-corrected chi connectivity index (χ0v) is 9.18. The lowest BCUT2D eigenvalue weighted by molar-refractivity contribution is 0.0691. The lowest BCUT2D eigenvalue weighted by Crippen LogP contribution is -2.04. The molecule has 1 rings (SSSR count). The summed E-state index contributed by atoms with van der Waals surface area (Å²) in [6.07, 6.45) is 0. The van der Waals surface area contributed by atoms with Gasteiger partial charge in [0.2, 0.25) is 0 Å². The molecule has 0 saturated carbocycles. The summed E-state index contributed by atoms with van der Waals surface area (Å²) in [6, 6.07) is 1.18. The highest BCUT2D eigenvalue weighted by molar-refractivity contribution is 9.10. The number of ether oxygens (including phenoxy) is 1. The van der Waals surface area contributed by atoms with E-state index in [2.05, 4.69) is 15.9 Å². The predicted octanol–water partition coefficient (Wildman–Crippen LogP) is 2.60. The van der Waals surface area contributed by atoms with Crippen LogP contribution in [0.4, 0.5) is 4.39 Å². The molecule has 0 aliphatic heterocycles. The van der Waals surface area contributed by atoms with Crippen molar-refractivity contribution in [3.05, 3.63) is 27.5 Å². The standard InChI is InChI=1S/C9H8BrFO3/c1-4-7(11)5(9(12)13)3-6(10)8(4)14-2/h3H,1-2H3,(H,12,13). The van der Waals surface area contributed by atoms with Gasteiger partial charge in [-0.15, -0.1) is 0 Å². The summed E-state index contributed by atoms with van der Waals surface area (Å²) in [6.45, 7) is 1.46. The lowest BCUT2D eigenvalue weighted by atomic mass is 10.1. The van der Waals surface area contributed by atoms with Gasteiger partial charge in [0, 0.05) is 5.56 Å². The molecular formula is C9H8BrFO3. The maximum absolute atomic E-state index is 13.4. The van der Waals surface area contributed by atoms with Gasteiger partial charge in [-0.25, -0.2) is 9.18 Å². The van der Waals surface area contributed by atoms with Crippen LogP contribution in [0.25, 0.3) is 0 Å². The number of methoxy groups -OCH3 is 1. The van der Waals surface area contributed by atoms with Crippen molar-refractivity contribution in [1.29, 1.82) is 0 Å². The molecule has 0 spiro atoms. The van der Waals surface area contributed by atoms with Crippen LogP contribution in [-0.4, -0.2) is 18.2 Å². The zero-order chi connectivity index (χ0) is 10.9. The number of carbonyl (C=O) groups is 1. The van der Waals surface area contributed by atoms with E-state index in [0.29, 0.717) is 10.2 Å². The smallest absolute Gasteiger partial charge is 0.338 e. The Morgan fingerprint density at radius 2 is 2.21 bits per heavy atom. The molecule has 14 heavy (non-hydrogen) atoms. The minimum Gasteiger partial charge on any atom is -0.495 e. The molecule has 0 bridgehead atoms. The second-order valence-electron chi connectivity index (χ2n) is 2.68. The Balaban J connectivity index is 3.47. The van der Waals surface area contributed by atoms with Crippen LogP contribution >= 0.6 is 15.9 Å². The van der Waals surface area contributed by atoms with Gasteiger partial charge in [-0.1, -0.05) is 0 Å². The van der Waals surface area contributed by atoms with Gasteiger partial charge in [-0.2, -0.15) is 0 Å². The molecule has 76 valence electrons. The van der Waals surface area contributed by atoms with Gasteiger partial charge in [-0.05, 0) is 28.9 Å². The summed E-state index contributed by atoms with van der Waals surface area (Å²) in [4.78, 5) is 10.6. The molecule has 0 amide bonds. The van der Waals surface area contributed by atoms with E-state index in [1.165, 1.54) is 20.1 Å². The van der Waals surface area contributed by atoms with Crippen LogP contribution in [0, 0.1) is 12.7 Å². The van der Waals surface area contributed by atoms with Crippen LogP contribution in [0.1, 0.15) is 15.9 Å². The molecule has 1 aromatic carbocycles. The second kappa shape index (κ2) is 3.96. The van der Waals surface area contributed by atoms with Gasteiger partial charge >= 0.3 is 5.97 Å². The number of hydrogen-bond acceptors (Lipinski definition) is 2. The average Bonchev–Trinajstić information content (AvgIpc) is 2.12. The monoisotopic (exact) mass is 262 g/mol. The molecule has 0 atom stereocenters. The van der Waals surface area contributed by atoms with Crippen molar-refractivity contribution in [3.63, 3.8) is 0 Å². The van der Waals surface area contributed by atoms with Crippen LogP contribution in [-0.2, 0) is 0 Å². The first-order valence-electron chi connectivity index (χ1n) is 3.75. The maximum Gasteiger partial charge on any atom is 0.338 e. The molecule has 1 N–H and O–H groups in total. The fourth-order valence-corrected chi connectivity index (χ4v) is 1.83. The molecule has 0 fully saturated rings. The Hall–Kier alpha value is -1.10. The normalized spacial score (nSPS) is 10.0. The van der Waals surface area contributed by atoms with Gasteiger partial charge in [0.1, 0.15) is 11.6 Å². The predicted molar refractivity (Wildman–Crippen MR) is 52.3 cm³/mol. The van der Waals surface area contributed by atoms with Gasteiger partial charge in [0.15, 0.2) is 0 Å². The zero-order valence-electron chi connectivity index (χ0n) is 7.60. The van der Waals surface area contributed by atoms with E-state index < -0.39 is 11.8 Å². The topological polar surface area (TPSA) is 46.5 Å². The SMILES string of the molecule is COc1c(Br)cc(C(=O)O)c(F)c1C. The number of halogens is 2. The third-order valence-electron chi connectivity index (χ3n) is 1.83. The second-order valence-corrected chi connectivity index (χ2v) is 3.54. The van der Waals surface area contributed by atoms with Gasteiger partial charge in [0.05, 0.1) is 17.1 Å². The number of carboxylic acid groups (broad SMARTS) is 1. The number of aromatic carboxylic acids is 1. The van der Waals surface area contributed by atoms with E-state index in [1.54, 1.807) is 0 Å². The Morgan fingerprint density at radius 3 is 2.64 bits per heavy atom. The third-order valence-corrected chi connectivity index (χ3v) is 2.42. The fraction of sp³-hybridized carbons (Fsp3) is 0.222. The molecule has 0 radical (unpaired) electrons. The minimum atomic E-state index is -1.30. The largest absolute Gasteiger partial charge is 0.495 e. The van der Waals surface area contributed by atoms with Crippen molar-refractivity contribution in [2.75, 3.05) is 7.11 Å². The van der Waals surface area contributed by atoms with Crippen molar-refractivity contribution in [2.24, 2.45) is 0 Å². The molecule has 0 saturated heterocycles.